The van der Waals surface area contributed by atoms with Crippen LogP contribution in [0.4, 0.5) is 5.82 Å². The van der Waals surface area contributed by atoms with Gasteiger partial charge in [-0.05, 0) is 44.0 Å². The summed E-state index contributed by atoms with van der Waals surface area (Å²) in [6.07, 6.45) is 2.04. The van der Waals surface area contributed by atoms with Gasteiger partial charge in [0.05, 0.1) is 5.52 Å². The van der Waals surface area contributed by atoms with Crippen molar-refractivity contribution >= 4 is 16.7 Å². The average molecular weight is 243 g/mol. The normalized spacial score (nSPS) is 12.6. The summed E-state index contributed by atoms with van der Waals surface area (Å²) >= 11 is 0. The topological polar surface area (TPSA) is 50.9 Å². The van der Waals surface area contributed by atoms with Crippen molar-refractivity contribution < 1.29 is 0 Å². The molecule has 0 aliphatic rings. The van der Waals surface area contributed by atoms with E-state index in [9.17, 15) is 0 Å². The minimum absolute atomic E-state index is 0.405. The minimum Gasteiger partial charge on any atom is -0.367 e. The molecular weight excluding hydrogens is 222 g/mol. The molecule has 2 rings (SSSR count). The van der Waals surface area contributed by atoms with Crippen LogP contribution in [0.15, 0.2) is 30.3 Å². The lowest BCUT2D eigenvalue weighted by Crippen LogP contribution is -2.23. The summed E-state index contributed by atoms with van der Waals surface area (Å²) in [4.78, 5) is 4.69. The molecule has 0 fully saturated rings. The van der Waals surface area contributed by atoms with E-state index in [4.69, 9.17) is 10.7 Å². The van der Waals surface area contributed by atoms with Gasteiger partial charge in [-0.25, -0.2) is 4.98 Å². The number of para-hydroxylation sites is 1. The van der Waals surface area contributed by atoms with Crippen LogP contribution in [0.25, 0.3) is 10.9 Å². The van der Waals surface area contributed by atoms with E-state index >= 15 is 0 Å². The number of hydrogen-bond donors (Lipinski definition) is 2. The summed E-state index contributed by atoms with van der Waals surface area (Å²) in [5, 5.41) is 4.69. The van der Waals surface area contributed by atoms with Crippen molar-refractivity contribution in [2.45, 2.75) is 32.7 Å². The molecule has 0 radical (unpaired) electrons. The zero-order valence-corrected chi connectivity index (χ0v) is 11.1. The number of nitrogens with two attached hydrogens (primary N) is 1. The molecule has 1 heterocycles. The number of rotatable bonds is 5. The quantitative estimate of drug-likeness (QED) is 0.848. The highest BCUT2D eigenvalue weighted by Crippen LogP contribution is 2.20. The monoisotopic (exact) mass is 243 g/mol. The second-order valence-electron chi connectivity index (χ2n) is 4.67. The van der Waals surface area contributed by atoms with Crippen molar-refractivity contribution in [2.75, 3.05) is 11.9 Å². The standard InChI is InChI=1S/C15H21N3/c1-3-13(8-9-16)17-15-11(2)10-12-6-4-5-7-14(12)18-15/h4-7,10,13H,3,8-9,16H2,1-2H3,(H,17,18). The third-order valence-corrected chi connectivity index (χ3v) is 3.26. The number of nitrogens with one attached hydrogen (secondary N) is 1. The van der Waals surface area contributed by atoms with Crippen molar-refractivity contribution in [3.8, 4) is 0 Å². The van der Waals surface area contributed by atoms with Crippen molar-refractivity contribution in [3.63, 3.8) is 0 Å². The lowest BCUT2D eigenvalue weighted by atomic mass is 10.1. The number of benzene rings is 1. The SMILES string of the molecule is CCC(CCN)Nc1nc2ccccc2cc1C. The number of pyridine rings is 1. The van der Waals surface area contributed by atoms with Gasteiger partial charge in [-0.3, -0.25) is 0 Å². The molecule has 3 heteroatoms. The molecule has 0 aliphatic heterocycles. The first-order valence-electron chi connectivity index (χ1n) is 6.57. The highest BCUT2D eigenvalue weighted by atomic mass is 15.0. The molecule has 0 spiro atoms. The van der Waals surface area contributed by atoms with Gasteiger partial charge in [0.1, 0.15) is 5.82 Å². The van der Waals surface area contributed by atoms with E-state index < -0.39 is 0 Å². The molecule has 2 aromatic rings. The van der Waals surface area contributed by atoms with Crippen molar-refractivity contribution in [1.29, 1.82) is 0 Å². The van der Waals surface area contributed by atoms with Gasteiger partial charge < -0.3 is 11.1 Å². The van der Waals surface area contributed by atoms with Crippen LogP contribution in [-0.4, -0.2) is 17.6 Å². The predicted molar refractivity (Wildman–Crippen MR) is 77.9 cm³/mol. The first-order chi connectivity index (χ1) is 8.74. The van der Waals surface area contributed by atoms with Gasteiger partial charge >= 0.3 is 0 Å². The molecule has 0 bridgehead atoms. The van der Waals surface area contributed by atoms with Gasteiger partial charge in [0, 0.05) is 11.4 Å². The molecule has 1 aromatic heterocycles. The summed E-state index contributed by atoms with van der Waals surface area (Å²) < 4.78 is 0. The molecule has 3 nitrogen and oxygen atoms in total. The molecule has 1 atom stereocenters. The van der Waals surface area contributed by atoms with Crippen LogP contribution in [0.5, 0.6) is 0 Å². The lowest BCUT2D eigenvalue weighted by Gasteiger charge is -2.18. The summed E-state index contributed by atoms with van der Waals surface area (Å²) in [6, 6.07) is 10.8. The van der Waals surface area contributed by atoms with Crippen LogP contribution < -0.4 is 11.1 Å². The Morgan fingerprint density at radius 2 is 2.11 bits per heavy atom. The molecule has 1 aromatic carbocycles. The first kappa shape index (κ1) is 12.8. The van der Waals surface area contributed by atoms with Gasteiger partial charge in [0.15, 0.2) is 0 Å². The van der Waals surface area contributed by atoms with E-state index in [1.807, 2.05) is 18.2 Å². The van der Waals surface area contributed by atoms with Gasteiger partial charge in [-0.15, -0.1) is 0 Å². The molecule has 0 amide bonds. The van der Waals surface area contributed by atoms with E-state index in [0.717, 1.165) is 24.2 Å². The van der Waals surface area contributed by atoms with Crippen molar-refractivity contribution in [1.82, 2.24) is 4.98 Å². The molecular formula is C15H21N3. The molecule has 96 valence electrons. The van der Waals surface area contributed by atoms with E-state index in [1.165, 1.54) is 10.9 Å². The highest BCUT2D eigenvalue weighted by Gasteiger charge is 2.08. The molecule has 18 heavy (non-hydrogen) atoms. The number of anilines is 1. The second kappa shape index (κ2) is 5.83. The smallest absolute Gasteiger partial charge is 0.129 e. The zero-order valence-electron chi connectivity index (χ0n) is 11.1. The van der Waals surface area contributed by atoms with Crippen LogP contribution in [0.3, 0.4) is 0 Å². The first-order valence-corrected chi connectivity index (χ1v) is 6.57. The fourth-order valence-electron chi connectivity index (χ4n) is 2.14. The van der Waals surface area contributed by atoms with Gasteiger partial charge in [-0.1, -0.05) is 25.1 Å². The molecule has 0 saturated carbocycles. The van der Waals surface area contributed by atoms with Crippen molar-refractivity contribution in [2.24, 2.45) is 5.73 Å². The fraction of sp³-hybridized carbons (Fsp3) is 0.400. The number of nitrogens with zero attached hydrogens (tertiary/aromatic N) is 1. The maximum absolute atomic E-state index is 5.63. The third kappa shape index (κ3) is 2.79. The van der Waals surface area contributed by atoms with Crippen molar-refractivity contribution in [3.05, 3.63) is 35.9 Å². The molecule has 3 N–H and O–H groups in total. The summed E-state index contributed by atoms with van der Waals surface area (Å²) in [6.45, 7) is 4.97. The van der Waals surface area contributed by atoms with E-state index in [-0.39, 0.29) is 0 Å². The third-order valence-electron chi connectivity index (χ3n) is 3.26. The number of aryl methyl sites for hydroxylation is 1. The summed E-state index contributed by atoms with van der Waals surface area (Å²) in [5.74, 6) is 0.981. The molecule has 0 aliphatic carbocycles. The molecule has 1 unspecified atom stereocenters. The largest absolute Gasteiger partial charge is 0.367 e. The van der Waals surface area contributed by atoms with Crippen LogP contribution in [0, 0.1) is 6.92 Å². The Kier molecular flexibility index (Phi) is 4.15. The summed E-state index contributed by atoms with van der Waals surface area (Å²) in [7, 11) is 0. The fourth-order valence-corrected chi connectivity index (χ4v) is 2.14. The van der Waals surface area contributed by atoms with Gasteiger partial charge in [0.2, 0.25) is 0 Å². The van der Waals surface area contributed by atoms with E-state index in [1.54, 1.807) is 0 Å². The zero-order chi connectivity index (χ0) is 13.0. The Bertz CT molecular complexity index is 522. The van der Waals surface area contributed by atoms with Crippen LogP contribution >= 0.6 is 0 Å². The molecule has 0 saturated heterocycles. The Labute approximate surface area is 108 Å². The Morgan fingerprint density at radius 1 is 1.33 bits per heavy atom. The Hall–Kier alpha value is -1.61. The lowest BCUT2D eigenvalue weighted by molar-refractivity contribution is 0.639. The van der Waals surface area contributed by atoms with Gasteiger partial charge in [0.25, 0.3) is 0 Å². The van der Waals surface area contributed by atoms with E-state index in [2.05, 4.69) is 31.3 Å². The number of fused-ring (bicyclic) bond motifs is 1. The second-order valence-corrected chi connectivity index (χ2v) is 4.67. The number of hydrogen-bond acceptors (Lipinski definition) is 3. The van der Waals surface area contributed by atoms with Crippen LogP contribution in [-0.2, 0) is 0 Å². The Balaban J connectivity index is 2.29. The maximum atomic E-state index is 5.63. The van der Waals surface area contributed by atoms with E-state index in [0.29, 0.717) is 12.6 Å². The predicted octanol–water partition coefficient (Wildman–Crippen LogP) is 3.08. The Morgan fingerprint density at radius 3 is 2.83 bits per heavy atom. The van der Waals surface area contributed by atoms with Crippen LogP contribution in [0.1, 0.15) is 25.3 Å². The van der Waals surface area contributed by atoms with Gasteiger partial charge in [-0.2, -0.15) is 0 Å². The summed E-state index contributed by atoms with van der Waals surface area (Å²) in [5.41, 5.74) is 7.85. The number of aromatic nitrogens is 1. The van der Waals surface area contributed by atoms with Crippen LogP contribution in [0.2, 0.25) is 0 Å². The average Bonchev–Trinajstić information content (AvgIpc) is 2.39. The highest BCUT2D eigenvalue weighted by molar-refractivity contribution is 5.81. The maximum Gasteiger partial charge on any atom is 0.129 e. The minimum atomic E-state index is 0.405.